The zero-order chi connectivity index (χ0) is 25.1. The van der Waals surface area contributed by atoms with E-state index >= 15 is 0 Å². The summed E-state index contributed by atoms with van der Waals surface area (Å²) in [5.41, 5.74) is 1.12. The smallest absolute Gasteiger partial charge is 0.327 e. The van der Waals surface area contributed by atoms with Gasteiger partial charge in [-0.25, -0.2) is 22.7 Å². The lowest BCUT2D eigenvalue weighted by Gasteiger charge is -2.25. The van der Waals surface area contributed by atoms with Gasteiger partial charge in [0.15, 0.2) is 5.82 Å². The summed E-state index contributed by atoms with van der Waals surface area (Å²) < 4.78 is 33.4. The Balaban J connectivity index is 2.04. The third-order valence-corrected chi connectivity index (χ3v) is 6.84. The number of esters is 1. The molecular formula is C25H28ClN3O4S. The molecule has 1 aromatic heterocycles. The third-order valence-electron chi connectivity index (χ3n) is 4.83. The van der Waals surface area contributed by atoms with Crippen molar-refractivity contribution in [2.75, 3.05) is 10.8 Å². The van der Waals surface area contributed by atoms with E-state index in [0.717, 1.165) is 15.4 Å². The molecule has 180 valence electrons. The second-order valence-corrected chi connectivity index (χ2v) is 11.4. The van der Waals surface area contributed by atoms with Gasteiger partial charge in [0.1, 0.15) is 18.0 Å². The van der Waals surface area contributed by atoms with Crippen LogP contribution in [-0.4, -0.2) is 36.5 Å². The highest BCUT2D eigenvalue weighted by atomic mass is 35.5. The topological polar surface area (TPSA) is 89.5 Å². The van der Waals surface area contributed by atoms with Crippen LogP contribution in [0.1, 0.15) is 46.1 Å². The number of carbonyl (C=O) groups is 1. The molecule has 0 N–H and O–H groups in total. The van der Waals surface area contributed by atoms with Crippen LogP contribution in [0.2, 0.25) is 5.02 Å². The molecule has 3 aromatic rings. The number of carbonyl (C=O) groups excluding carboxylic acids is 1. The molecule has 0 aliphatic carbocycles. The molecule has 0 radical (unpaired) electrons. The number of benzene rings is 2. The maximum absolute atomic E-state index is 13.5. The van der Waals surface area contributed by atoms with E-state index in [1.807, 2.05) is 24.3 Å². The zero-order valence-electron chi connectivity index (χ0n) is 19.8. The summed E-state index contributed by atoms with van der Waals surface area (Å²) in [6.45, 7) is 8.79. The van der Waals surface area contributed by atoms with E-state index in [1.165, 1.54) is 36.5 Å². The lowest BCUT2D eigenvalue weighted by atomic mass is 10.0. The highest BCUT2D eigenvalue weighted by Crippen LogP contribution is 2.26. The number of nitrogens with zero attached hydrogens (tertiary/aromatic N) is 3. The molecule has 0 amide bonds. The van der Waals surface area contributed by atoms with Crippen molar-refractivity contribution in [1.82, 2.24) is 9.97 Å². The van der Waals surface area contributed by atoms with Crippen molar-refractivity contribution < 1.29 is 17.9 Å². The fraction of sp³-hybridized carbons (Fsp3) is 0.320. The zero-order valence-corrected chi connectivity index (χ0v) is 21.4. The van der Waals surface area contributed by atoms with Gasteiger partial charge in [0, 0.05) is 22.8 Å². The summed E-state index contributed by atoms with van der Waals surface area (Å²) in [5.74, 6) is 0.0636. The minimum atomic E-state index is -4.15. The van der Waals surface area contributed by atoms with E-state index < -0.39 is 28.1 Å². The monoisotopic (exact) mass is 501 g/mol. The van der Waals surface area contributed by atoms with Gasteiger partial charge in [0.2, 0.25) is 0 Å². The number of sulfonamides is 1. The maximum atomic E-state index is 13.5. The molecule has 0 atom stereocenters. The Labute approximate surface area is 205 Å². The van der Waals surface area contributed by atoms with E-state index in [9.17, 15) is 13.2 Å². The molecule has 0 aliphatic heterocycles. The van der Waals surface area contributed by atoms with Crippen molar-refractivity contribution in [1.29, 1.82) is 0 Å². The van der Waals surface area contributed by atoms with Crippen LogP contribution in [0.4, 0.5) is 5.82 Å². The quantitative estimate of drug-likeness (QED) is 0.399. The number of rotatable bonds is 7. The Morgan fingerprint density at radius 2 is 1.65 bits per heavy atom. The molecule has 34 heavy (non-hydrogen) atoms. The second kappa shape index (κ2) is 10.1. The van der Waals surface area contributed by atoms with Crippen LogP contribution in [0.3, 0.4) is 0 Å². The van der Waals surface area contributed by atoms with E-state index in [0.29, 0.717) is 16.8 Å². The van der Waals surface area contributed by atoms with Gasteiger partial charge < -0.3 is 4.74 Å². The number of halogens is 1. The van der Waals surface area contributed by atoms with Crippen molar-refractivity contribution in [2.45, 2.75) is 51.0 Å². The minimum absolute atomic E-state index is 0.0260. The molecule has 2 aromatic carbocycles. The molecule has 0 saturated heterocycles. The third kappa shape index (κ3) is 6.33. The van der Waals surface area contributed by atoms with Gasteiger partial charge in [-0.3, -0.25) is 4.79 Å². The first-order chi connectivity index (χ1) is 15.9. The van der Waals surface area contributed by atoms with Gasteiger partial charge in [-0.15, -0.1) is 0 Å². The van der Waals surface area contributed by atoms with Gasteiger partial charge in [-0.2, -0.15) is 0 Å². The summed E-state index contributed by atoms with van der Waals surface area (Å²) in [6.07, 6.45) is 1.47. The molecule has 3 rings (SSSR count). The average Bonchev–Trinajstić information content (AvgIpc) is 2.76. The Bertz CT molecular complexity index is 1250. The number of ether oxygens (including phenoxy) is 1. The largest absolute Gasteiger partial charge is 0.459 e. The van der Waals surface area contributed by atoms with Gasteiger partial charge in [0.05, 0.1) is 4.90 Å². The summed E-state index contributed by atoms with van der Waals surface area (Å²) in [6, 6.07) is 14.9. The van der Waals surface area contributed by atoms with Crippen LogP contribution in [0.5, 0.6) is 0 Å². The Morgan fingerprint density at radius 1 is 1.03 bits per heavy atom. The lowest BCUT2D eigenvalue weighted by molar-refractivity contribution is -0.152. The van der Waals surface area contributed by atoms with Crippen LogP contribution >= 0.6 is 11.6 Å². The Kier molecular flexibility index (Phi) is 7.63. The van der Waals surface area contributed by atoms with E-state index in [4.69, 9.17) is 16.3 Å². The highest BCUT2D eigenvalue weighted by Gasteiger charge is 2.30. The van der Waals surface area contributed by atoms with Gasteiger partial charge >= 0.3 is 5.97 Å². The Hall–Kier alpha value is -2.97. The van der Waals surface area contributed by atoms with Gasteiger partial charge in [0.25, 0.3) is 10.0 Å². The second-order valence-electron chi connectivity index (χ2n) is 9.07. The SMILES string of the molecule is CC(C)c1ccc(-c2nccc(N(CC(=O)OC(C)(C)C)S(=O)(=O)c3ccc(Cl)cc3)n2)cc1. The van der Waals surface area contributed by atoms with E-state index in [2.05, 4.69) is 23.8 Å². The van der Waals surface area contributed by atoms with Crippen LogP contribution in [0.25, 0.3) is 11.4 Å². The summed E-state index contributed by atoms with van der Waals surface area (Å²) in [5, 5.41) is 0.395. The first kappa shape index (κ1) is 25.6. The van der Waals surface area contributed by atoms with Crippen molar-refractivity contribution in [3.8, 4) is 11.4 Å². The van der Waals surface area contributed by atoms with Crippen molar-refractivity contribution in [3.05, 3.63) is 71.4 Å². The van der Waals surface area contributed by atoms with E-state index in [-0.39, 0.29) is 10.7 Å². The van der Waals surface area contributed by atoms with Crippen molar-refractivity contribution in [2.24, 2.45) is 0 Å². The molecule has 0 aliphatic rings. The number of anilines is 1. The molecule has 1 heterocycles. The van der Waals surface area contributed by atoms with Crippen LogP contribution in [0.15, 0.2) is 65.7 Å². The molecule has 9 heteroatoms. The molecule has 0 saturated carbocycles. The maximum Gasteiger partial charge on any atom is 0.327 e. The predicted octanol–water partition coefficient (Wildman–Crippen LogP) is 5.46. The first-order valence-electron chi connectivity index (χ1n) is 10.8. The molecular weight excluding hydrogens is 474 g/mol. The molecule has 0 spiro atoms. The Morgan fingerprint density at radius 3 is 2.21 bits per heavy atom. The predicted molar refractivity (Wildman–Crippen MR) is 133 cm³/mol. The standard InChI is InChI=1S/C25H28ClN3O4S/c1-17(2)18-6-8-19(9-7-18)24-27-15-14-22(28-24)29(16-23(30)33-25(3,4)5)34(31,32)21-12-10-20(26)11-13-21/h6-15,17H,16H2,1-5H3. The highest BCUT2D eigenvalue weighted by molar-refractivity contribution is 7.92. The number of hydrogen-bond donors (Lipinski definition) is 0. The molecule has 7 nitrogen and oxygen atoms in total. The molecule has 0 fully saturated rings. The molecule has 0 unspecified atom stereocenters. The van der Waals surface area contributed by atoms with Crippen molar-refractivity contribution >= 4 is 33.4 Å². The number of hydrogen-bond acceptors (Lipinski definition) is 6. The van der Waals surface area contributed by atoms with Gasteiger partial charge in [-0.1, -0.05) is 49.7 Å². The van der Waals surface area contributed by atoms with Crippen LogP contribution < -0.4 is 4.31 Å². The van der Waals surface area contributed by atoms with Gasteiger partial charge in [-0.05, 0) is 56.5 Å². The summed E-state index contributed by atoms with van der Waals surface area (Å²) >= 11 is 5.93. The normalized spacial score (nSPS) is 12.0. The lowest BCUT2D eigenvalue weighted by Crippen LogP contribution is -2.39. The first-order valence-corrected chi connectivity index (χ1v) is 12.6. The average molecular weight is 502 g/mol. The fourth-order valence-electron chi connectivity index (χ4n) is 3.16. The van der Waals surface area contributed by atoms with E-state index in [1.54, 1.807) is 20.8 Å². The van der Waals surface area contributed by atoms with Crippen LogP contribution in [0, 0.1) is 0 Å². The minimum Gasteiger partial charge on any atom is -0.459 e. The van der Waals surface area contributed by atoms with Crippen LogP contribution in [-0.2, 0) is 19.6 Å². The number of aromatic nitrogens is 2. The summed E-state index contributed by atoms with van der Waals surface area (Å²) in [4.78, 5) is 21.4. The molecule has 0 bridgehead atoms. The summed E-state index contributed by atoms with van der Waals surface area (Å²) in [7, 11) is -4.15. The van der Waals surface area contributed by atoms with Crippen molar-refractivity contribution in [3.63, 3.8) is 0 Å². The fourth-order valence-corrected chi connectivity index (χ4v) is 4.64.